The number of phenolic OH excluding ortho intramolecular Hbond substituents is 1. The molecule has 0 aliphatic rings. The smallest absolute Gasteiger partial charge is 0.194 e. The van der Waals surface area contributed by atoms with Gasteiger partial charge in [-0.25, -0.2) is 9.98 Å². The molecule has 0 unspecified atom stereocenters. The van der Waals surface area contributed by atoms with Crippen LogP contribution in [0.15, 0.2) is 38.3 Å². The van der Waals surface area contributed by atoms with E-state index in [1.54, 1.807) is 12.1 Å². The van der Waals surface area contributed by atoms with Crippen molar-refractivity contribution >= 4 is 43.9 Å². The topological polar surface area (TPSA) is 74.9 Å². The summed E-state index contributed by atoms with van der Waals surface area (Å²) in [5.41, 5.74) is 0.418. The van der Waals surface area contributed by atoms with Crippen LogP contribution in [0.2, 0.25) is 0 Å². The second-order valence-corrected chi connectivity index (χ2v) is 5.39. The van der Waals surface area contributed by atoms with Gasteiger partial charge >= 0.3 is 0 Å². The zero-order valence-corrected chi connectivity index (χ0v) is 13.5. The fourth-order valence-corrected chi connectivity index (χ4v) is 2.33. The molecule has 5 nitrogen and oxygen atoms in total. The Morgan fingerprint density at radius 2 is 2.10 bits per heavy atom. The lowest BCUT2D eigenvalue weighted by molar-refractivity contribution is 0.372. The van der Waals surface area contributed by atoms with E-state index < -0.39 is 0 Å². The number of nitrogens with zero attached hydrogens (tertiary/aromatic N) is 2. The minimum atomic E-state index is -0.0539. The quantitative estimate of drug-likeness (QED) is 0.767. The average Bonchev–Trinajstić information content (AvgIpc) is 2.44. The third-order valence-electron chi connectivity index (χ3n) is 2.49. The molecular weight excluding hydrogens is 392 g/mol. The summed E-state index contributed by atoms with van der Waals surface area (Å²) in [6.07, 6.45) is 2.91. The first-order valence-corrected chi connectivity index (χ1v) is 7.06. The van der Waals surface area contributed by atoms with Crippen molar-refractivity contribution in [2.24, 2.45) is 4.99 Å². The van der Waals surface area contributed by atoms with Gasteiger partial charge in [-0.3, -0.25) is 0 Å². The number of hydrogen-bond donors (Lipinski definition) is 2. The summed E-state index contributed by atoms with van der Waals surface area (Å²) in [6.45, 7) is 0. The van der Waals surface area contributed by atoms with Gasteiger partial charge in [0.1, 0.15) is 0 Å². The predicted octanol–water partition coefficient (Wildman–Crippen LogP) is 3.78. The van der Waals surface area contributed by atoms with Crippen LogP contribution in [-0.2, 0) is 0 Å². The van der Waals surface area contributed by atoms with Crippen LogP contribution in [0.1, 0.15) is 5.56 Å². The van der Waals surface area contributed by atoms with Crippen molar-refractivity contribution in [2.45, 2.75) is 0 Å². The third kappa shape index (κ3) is 2.94. The molecule has 0 aliphatic carbocycles. The molecule has 0 amide bonds. The molecule has 104 valence electrons. The van der Waals surface area contributed by atoms with Crippen molar-refractivity contribution in [1.82, 2.24) is 4.98 Å². The highest BCUT2D eigenvalue weighted by Gasteiger charge is 2.14. The highest BCUT2D eigenvalue weighted by molar-refractivity contribution is 9.13. The van der Waals surface area contributed by atoms with Crippen molar-refractivity contribution in [3.8, 4) is 17.2 Å². The van der Waals surface area contributed by atoms with Crippen LogP contribution in [-0.4, -0.2) is 28.5 Å². The Balaban J connectivity index is 2.49. The molecule has 1 aromatic heterocycles. The number of hydrogen-bond acceptors (Lipinski definition) is 5. The monoisotopic (exact) mass is 400 g/mol. The number of aromatic hydroxyl groups is 2. The standard InChI is InChI=1S/C13H10Br2N2O3/c1-20-10-5-8(14)11(15)7(12(10)19)6-17-13-9(18)3-2-4-16-13/h2-6,18-19H,1H3. The van der Waals surface area contributed by atoms with Gasteiger partial charge in [0, 0.05) is 21.4 Å². The van der Waals surface area contributed by atoms with E-state index in [1.807, 2.05) is 0 Å². The van der Waals surface area contributed by atoms with Crippen molar-refractivity contribution in [2.75, 3.05) is 7.11 Å². The molecule has 0 radical (unpaired) electrons. The zero-order valence-electron chi connectivity index (χ0n) is 10.3. The maximum atomic E-state index is 10.1. The number of ether oxygens (including phenoxy) is 1. The minimum Gasteiger partial charge on any atom is -0.504 e. The summed E-state index contributed by atoms with van der Waals surface area (Å²) in [6, 6.07) is 4.72. The average molecular weight is 402 g/mol. The molecule has 2 aromatic rings. The Morgan fingerprint density at radius 3 is 2.75 bits per heavy atom. The molecule has 2 rings (SSSR count). The number of rotatable bonds is 3. The summed E-state index contributed by atoms with van der Waals surface area (Å²) in [4.78, 5) is 7.99. The van der Waals surface area contributed by atoms with Crippen LogP contribution < -0.4 is 4.74 Å². The van der Waals surface area contributed by atoms with Gasteiger partial charge in [0.25, 0.3) is 0 Å². The lowest BCUT2D eigenvalue weighted by atomic mass is 10.2. The Labute approximate surface area is 132 Å². The lowest BCUT2D eigenvalue weighted by Crippen LogP contribution is -1.92. The highest BCUT2D eigenvalue weighted by Crippen LogP contribution is 2.39. The van der Waals surface area contributed by atoms with Crippen LogP contribution in [0.5, 0.6) is 17.2 Å². The third-order valence-corrected chi connectivity index (χ3v) is 4.51. The molecule has 0 bridgehead atoms. The van der Waals surface area contributed by atoms with Gasteiger partial charge in [0.15, 0.2) is 23.1 Å². The van der Waals surface area contributed by atoms with E-state index in [4.69, 9.17) is 4.74 Å². The van der Waals surface area contributed by atoms with E-state index in [1.165, 1.54) is 25.6 Å². The number of benzene rings is 1. The fourth-order valence-electron chi connectivity index (χ4n) is 1.50. The Morgan fingerprint density at radius 1 is 1.35 bits per heavy atom. The zero-order chi connectivity index (χ0) is 14.7. The molecule has 20 heavy (non-hydrogen) atoms. The Kier molecular flexibility index (Phi) is 4.61. The fraction of sp³-hybridized carbons (Fsp3) is 0.0769. The largest absolute Gasteiger partial charge is 0.504 e. The molecule has 0 aliphatic heterocycles. The summed E-state index contributed by atoms with van der Waals surface area (Å²) >= 11 is 6.70. The second kappa shape index (κ2) is 6.23. The van der Waals surface area contributed by atoms with Gasteiger partial charge < -0.3 is 14.9 Å². The van der Waals surface area contributed by atoms with Crippen LogP contribution in [0, 0.1) is 0 Å². The van der Waals surface area contributed by atoms with Crippen LogP contribution in [0.3, 0.4) is 0 Å². The van der Waals surface area contributed by atoms with E-state index >= 15 is 0 Å². The van der Waals surface area contributed by atoms with Crippen LogP contribution in [0.4, 0.5) is 5.82 Å². The van der Waals surface area contributed by atoms with Gasteiger partial charge in [0.2, 0.25) is 0 Å². The summed E-state index contributed by atoms with van der Waals surface area (Å²) in [7, 11) is 1.46. The summed E-state index contributed by atoms with van der Waals surface area (Å²) in [5.74, 6) is 0.382. The second-order valence-electron chi connectivity index (χ2n) is 3.74. The molecule has 2 N–H and O–H groups in total. The van der Waals surface area contributed by atoms with Gasteiger partial charge in [-0.05, 0) is 50.1 Å². The van der Waals surface area contributed by atoms with Gasteiger partial charge in [0.05, 0.1) is 12.7 Å². The van der Waals surface area contributed by atoms with Gasteiger partial charge in [-0.15, -0.1) is 0 Å². The van der Waals surface area contributed by atoms with Crippen LogP contribution in [0.25, 0.3) is 0 Å². The first-order chi connectivity index (χ1) is 9.54. The van der Waals surface area contributed by atoms with E-state index in [0.717, 1.165) is 0 Å². The van der Waals surface area contributed by atoms with Crippen molar-refractivity contribution in [3.63, 3.8) is 0 Å². The number of aliphatic imine (C=N–C) groups is 1. The first kappa shape index (κ1) is 14.8. The maximum Gasteiger partial charge on any atom is 0.194 e. The number of pyridine rings is 1. The number of methoxy groups -OCH3 is 1. The molecule has 1 heterocycles. The first-order valence-electron chi connectivity index (χ1n) is 5.47. The summed E-state index contributed by atoms with van der Waals surface area (Å²) < 4.78 is 6.40. The van der Waals surface area contributed by atoms with Crippen LogP contribution >= 0.6 is 31.9 Å². The molecule has 1 aromatic carbocycles. The molecule has 0 saturated heterocycles. The van der Waals surface area contributed by atoms with E-state index in [9.17, 15) is 10.2 Å². The predicted molar refractivity (Wildman–Crippen MR) is 83.2 cm³/mol. The number of phenols is 1. The molecule has 0 spiro atoms. The van der Waals surface area contributed by atoms with Crippen molar-refractivity contribution in [1.29, 1.82) is 0 Å². The van der Waals surface area contributed by atoms with E-state index in [-0.39, 0.29) is 17.3 Å². The normalized spacial score (nSPS) is 10.9. The molecule has 0 fully saturated rings. The molecule has 0 atom stereocenters. The van der Waals surface area contributed by atoms with Crippen molar-refractivity contribution < 1.29 is 14.9 Å². The SMILES string of the molecule is COc1cc(Br)c(Br)c(C=Nc2ncccc2O)c1O. The minimum absolute atomic E-state index is 0.0404. The summed E-state index contributed by atoms with van der Waals surface area (Å²) in [5, 5.41) is 19.7. The number of aromatic nitrogens is 1. The van der Waals surface area contributed by atoms with E-state index in [2.05, 4.69) is 41.8 Å². The maximum absolute atomic E-state index is 10.1. The van der Waals surface area contributed by atoms with Gasteiger partial charge in [-0.1, -0.05) is 0 Å². The molecular formula is C13H10Br2N2O3. The molecule has 0 saturated carbocycles. The Bertz CT molecular complexity index is 675. The van der Waals surface area contributed by atoms with E-state index in [0.29, 0.717) is 20.3 Å². The lowest BCUT2D eigenvalue weighted by Gasteiger charge is -2.09. The van der Waals surface area contributed by atoms with Crippen molar-refractivity contribution in [3.05, 3.63) is 38.9 Å². The highest BCUT2D eigenvalue weighted by atomic mass is 79.9. The number of halogens is 2. The molecule has 7 heteroatoms. The van der Waals surface area contributed by atoms with Gasteiger partial charge in [-0.2, -0.15) is 0 Å². The Hall–Kier alpha value is -1.60.